The third kappa shape index (κ3) is 5.49. The number of methoxy groups -OCH3 is 1. The second kappa shape index (κ2) is 9.25. The molecule has 5 heteroatoms. The number of ether oxygens (including phenoxy) is 2. The van der Waals surface area contributed by atoms with Crippen molar-refractivity contribution in [2.45, 2.75) is 26.0 Å². The fourth-order valence-electron chi connectivity index (χ4n) is 2.67. The second-order valence-electron chi connectivity index (χ2n) is 6.65. The van der Waals surface area contributed by atoms with Crippen molar-refractivity contribution in [1.82, 2.24) is 10.2 Å². The molecule has 140 valence electrons. The molecular weight excluding hydrogens is 328 g/mol. The molecule has 2 aromatic rings. The first-order valence-electron chi connectivity index (χ1n) is 8.76. The zero-order chi connectivity index (χ0) is 19.1. The second-order valence-corrected chi connectivity index (χ2v) is 6.65. The summed E-state index contributed by atoms with van der Waals surface area (Å²) in [5, 5.41) is 3.02. The predicted octanol–water partition coefficient (Wildman–Crippen LogP) is 3.52. The van der Waals surface area contributed by atoms with Gasteiger partial charge in [0.15, 0.2) is 0 Å². The molecule has 1 atom stereocenters. The summed E-state index contributed by atoms with van der Waals surface area (Å²) >= 11 is 0. The van der Waals surface area contributed by atoms with Crippen LogP contribution < -0.4 is 14.8 Å². The highest BCUT2D eigenvalue weighted by Crippen LogP contribution is 2.21. The van der Waals surface area contributed by atoms with Crippen LogP contribution in [-0.4, -0.2) is 44.7 Å². The van der Waals surface area contributed by atoms with Crippen molar-refractivity contribution in [3.05, 3.63) is 59.7 Å². The Morgan fingerprint density at radius 3 is 2.08 bits per heavy atom. The number of amides is 1. The van der Waals surface area contributed by atoms with Crippen LogP contribution in [0.4, 0.5) is 0 Å². The molecule has 0 bridgehead atoms. The average molecular weight is 356 g/mol. The van der Waals surface area contributed by atoms with Gasteiger partial charge in [-0.05, 0) is 69.9 Å². The normalized spacial score (nSPS) is 12.1. The summed E-state index contributed by atoms with van der Waals surface area (Å²) in [6.45, 7) is 4.46. The number of likely N-dealkylation sites (N-methyl/N-ethyl adjacent to an activating group) is 1. The average Bonchev–Trinajstić information content (AvgIpc) is 2.62. The highest BCUT2D eigenvalue weighted by Gasteiger charge is 2.16. The molecule has 0 aliphatic rings. The topological polar surface area (TPSA) is 50.8 Å². The molecule has 0 saturated carbocycles. The van der Waals surface area contributed by atoms with E-state index in [4.69, 9.17) is 9.47 Å². The molecule has 2 rings (SSSR count). The maximum absolute atomic E-state index is 12.4. The molecular formula is C21H28N2O3. The molecule has 5 nitrogen and oxygen atoms in total. The minimum absolute atomic E-state index is 0.0772. The van der Waals surface area contributed by atoms with Crippen LogP contribution in [0.3, 0.4) is 0 Å². The monoisotopic (exact) mass is 356 g/mol. The summed E-state index contributed by atoms with van der Waals surface area (Å²) in [6.07, 6.45) is 0.111. The van der Waals surface area contributed by atoms with E-state index >= 15 is 0 Å². The number of nitrogens with one attached hydrogen (secondary N) is 1. The van der Waals surface area contributed by atoms with Crippen LogP contribution in [0.2, 0.25) is 0 Å². The Balaban J connectivity index is 2.00. The fourth-order valence-corrected chi connectivity index (χ4v) is 2.67. The van der Waals surface area contributed by atoms with E-state index in [-0.39, 0.29) is 18.1 Å². The summed E-state index contributed by atoms with van der Waals surface area (Å²) in [5.74, 6) is 1.49. The van der Waals surface area contributed by atoms with Gasteiger partial charge in [-0.15, -0.1) is 0 Å². The lowest BCUT2D eigenvalue weighted by Gasteiger charge is -2.25. The van der Waals surface area contributed by atoms with Crippen LogP contribution in [0, 0.1) is 0 Å². The van der Waals surface area contributed by atoms with Gasteiger partial charge in [0.05, 0.1) is 19.3 Å². The van der Waals surface area contributed by atoms with E-state index in [0.29, 0.717) is 12.1 Å². The van der Waals surface area contributed by atoms with Crippen LogP contribution in [0.5, 0.6) is 11.5 Å². The largest absolute Gasteiger partial charge is 0.497 e. The fraction of sp³-hybridized carbons (Fsp3) is 0.381. The zero-order valence-corrected chi connectivity index (χ0v) is 16.2. The van der Waals surface area contributed by atoms with E-state index in [1.165, 1.54) is 0 Å². The van der Waals surface area contributed by atoms with Gasteiger partial charge < -0.3 is 19.7 Å². The third-order valence-corrected chi connectivity index (χ3v) is 4.07. The Kier molecular flexibility index (Phi) is 7.04. The van der Waals surface area contributed by atoms with Crippen molar-refractivity contribution >= 4 is 5.91 Å². The number of benzene rings is 2. The Morgan fingerprint density at radius 2 is 1.58 bits per heavy atom. The summed E-state index contributed by atoms with van der Waals surface area (Å²) in [5.41, 5.74) is 1.74. The van der Waals surface area contributed by atoms with Crippen molar-refractivity contribution < 1.29 is 14.3 Å². The van der Waals surface area contributed by atoms with Gasteiger partial charge in [-0.2, -0.15) is 0 Å². The van der Waals surface area contributed by atoms with Crippen LogP contribution in [0.25, 0.3) is 0 Å². The number of nitrogens with zero attached hydrogens (tertiary/aromatic N) is 1. The number of carbonyl (C=O) groups excluding carboxylic acids is 1. The van der Waals surface area contributed by atoms with Gasteiger partial charge in [-0.25, -0.2) is 0 Å². The molecule has 0 aromatic heterocycles. The van der Waals surface area contributed by atoms with Crippen molar-refractivity contribution in [3.63, 3.8) is 0 Å². The summed E-state index contributed by atoms with van der Waals surface area (Å²) in [6, 6.07) is 15.2. The molecule has 2 aromatic carbocycles. The van der Waals surface area contributed by atoms with Gasteiger partial charge in [0.2, 0.25) is 0 Å². The van der Waals surface area contributed by atoms with Gasteiger partial charge in [-0.3, -0.25) is 4.79 Å². The van der Waals surface area contributed by atoms with Gasteiger partial charge in [0, 0.05) is 12.1 Å². The third-order valence-electron chi connectivity index (χ3n) is 4.07. The number of hydrogen-bond donors (Lipinski definition) is 1. The first-order valence-corrected chi connectivity index (χ1v) is 8.76. The van der Waals surface area contributed by atoms with Crippen LogP contribution in [0.1, 0.15) is 35.8 Å². The lowest BCUT2D eigenvalue weighted by atomic mass is 10.1. The zero-order valence-electron chi connectivity index (χ0n) is 16.2. The number of rotatable bonds is 8. The minimum atomic E-state index is -0.0959. The Hall–Kier alpha value is -2.53. The molecule has 0 aliphatic carbocycles. The molecule has 0 radical (unpaired) electrons. The number of carbonyl (C=O) groups is 1. The van der Waals surface area contributed by atoms with Crippen LogP contribution in [0.15, 0.2) is 48.5 Å². The van der Waals surface area contributed by atoms with E-state index in [1.54, 1.807) is 19.2 Å². The van der Waals surface area contributed by atoms with Gasteiger partial charge >= 0.3 is 0 Å². The van der Waals surface area contributed by atoms with Gasteiger partial charge in [0.1, 0.15) is 11.5 Å². The van der Waals surface area contributed by atoms with E-state index in [1.807, 2.05) is 64.3 Å². The highest BCUT2D eigenvalue weighted by atomic mass is 16.5. The van der Waals surface area contributed by atoms with Crippen LogP contribution in [-0.2, 0) is 0 Å². The van der Waals surface area contributed by atoms with Gasteiger partial charge in [0.25, 0.3) is 5.91 Å². The van der Waals surface area contributed by atoms with Crippen molar-refractivity contribution in [1.29, 1.82) is 0 Å². The molecule has 1 unspecified atom stereocenters. The summed E-state index contributed by atoms with van der Waals surface area (Å²) in [4.78, 5) is 14.5. The van der Waals surface area contributed by atoms with Crippen molar-refractivity contribution in [2.24, 2.45) is 0 Å². The lowest BCUT2D eigenvalue weighted by molar-refractivity contribution is 0.0942. The van der Waals surface area contributed by atoms with Gasteiger partial charge in [-0.1, -0.05) is 12.1 Å². The minimum Gasteiger partial charge on any atom is -0.497 e. The Bertz CT molecular complexity index is 694. The maximum Gasteiger partial charge on any atom is 0.251 e. The van der Waals surface area contributed by atoms with E-state index in [2.05, 4.69) is 10.2 Å². The standard InChI is InChI=1S/C21H28N2O3/c1-15(2)26-19-12-8-17(9-13-19)21(24)22-14-20(23(3)4)16-6-10-18(25-5)11-7-16/h6-13,15,20H,14H2,1-5H3,(H,22,24). The molecule has 26 heavy (non-hydrogen) atoms. The van der Waals surface area contributed by atoms with E-state index in [0.717, 1.165) is 17.1 Å². The molecule has 1 amide bonds. The smallest absolute Gasteiger partial charge is 0.251 e. The van der Waals surface area contributed by atoms with Crippen LogP contribution >= 0.6 is 0 Å². The maximum atomic E-state index is 12.4. The molecule has 0 fully saturated rings. The summed E-state index contributed by atoms with van der Waals surface area (Å²) < 4.78 is 10.8. The van der Waals surface area contributed by atoms with Crippen molar-refractivity contribution in [2.75, 3.05) is 27.7 Å². The molecule has 0 spiro atoms. The summed E-state index contributed by atoms with van der Waals surface area (Å²) in [7, 11) is 5.65. The quantitative estimate of drug-likeness (QED) is 0.786. The molecule has 0 heterocycles. The number of hydrogen-bond acceptors (Lipinski definition) is 4. The first kappa shape index (κ1) is 19.8. The Morgan fingerprint density at radius 1 is 1.00 bits per heavy atom. The lowest BCUT2D eigenvalue weighted by Crippen LogP contribution is -2.34. The van der Waals surface area contributed by atoms with Crippen molar-refractivity contribution in [3.8, 4) is 11.5 Å². The SMILES string of the molecule is COc1ccc(C(CNC(=O)c2ccc(OC(C)C)cc2)N(C)C)cc1. The Labute approximate surface area is 155 Å². The molecule has 0 aliphatic heterocycles. The highest BCUT2D eigenvalue weighted by molar-refractivity contribution is 5.94. The van der Waals surface area contributed by atoms with E-state index < -0.39 is 0 Å². The first-order chi connectivity index (χ1) is 12.4. The predicted molar refractivity (Wildman–Crippen MR) is 104 cm³/mol. The molecule has 0 saturated heterocycles. The van der Waals surface area contributed by atoms with E-state index in [9.17, 15) is 4.79 Å². The molecule has 1 N–H and O–H groups in total.